The van der Waals surface area contributed by atoms with Crippen LogP contribution in [-0.4, -0.2) is 45.4 Å². The molecule has 0 amide bonds. The minimum absolute atomic E-state index is 0.112. The van der Waals surface area contributed by atoms with Gasteiger partial charge in [-0.2, -0.15) is 0 Å². The first-order chi connectivity index (χ1) is 21.8. The van der Waals surface area contributed by atoms with Crippen LogP contribution >= 0.6 is 0 Å². The first kappa shape index (κ1) is 34.6. The van der Waals surface area contributed by atoms with Crippen molar-refractivity contribution in [2.24, 2.45) is 0 Å². The first-order valence-corrected chi connectivity index (χ1v) is 19.3. The van der Waals surface area contributed by atoms with E-state index in [0.29, 0.717) is 0 Å². The van der Waals surface area contributed by atoms with Gasteiger partial charge in [0, 0.05) is 7.42 Å². The Balaban J connectivity index is 0.000000181. The van der Waals surface area contributed by atoms with E-state index in [1.54, 1.807) is 38.1 Å². The summed E-state index contributed by atoms with van der Waals surface area (Å²) in [5.41, 5.74) is 3.51. The molecular formula is C32H34N2O8S4. The molecular weight excluding hydrogens is 669 g/mol. The molecule has 2 saturated heterocycles. The molecule has 244 valence electrons. The first-order valence-electron chi connectivity index (χ1n) is 14.3. The molecule has 2 fully saturated rings. The molecule has 0 aromatic heterocycles. The van der Waals surface area contributed by atoms with E-state index in [0.717, 1.165) is 29.7 Å². The van der Waals surface area contributed by atoms with Crippen molar-refractivity contribution in [3.63, 3.8) is 0 Å². The van der Waals surface area contributed by atoms with Crippen LogP contribution in [0.4, 0.5) is 0 Å². The second kappa shape index (κ2) is 14.2. The fourth-order valence-electron chi connectivity index (χ4n) is 5.10. The Morgan fingerprint density at radius 1 is 0.543 bits per heavy atom. The molecule has 6 atom stereocenters. The second-order valence-corrected chi connectivity index (χ2v) is 17.0. The molecule has 2 aliphatic heterocycles. The van der Waals surface area contributed by atoms with E-state index in [9.17, 15) is 25.9 Å². The van der Waals surface area contributed by atoms with E-state index in [2.05, 4.69) is 0 Å². The molecule has 0 spiro atoms. The largest absolute Gasteiger partial charge is 0.565 e. The van der Waals surface area contributed by atoms with E-state index in [1.165, 1.54) is 24.3 Å². The summed E-state index contributed by atoms with van der Waals surface area (Å²) in [5.74, 6) is 0. The van der Waals surface area contributed by atoms with Gasteiger partial charge in [0.05, 0.1) is 9.79 Å². The number of aryl methyl sites for hydroxylation is 2. The van der Waals surface area contributed by atoms with Gasteiger partial charge in [-0.05, 0) is 63.1 Å². The summed E-state index contributed by atoms with van der Waals surface area (Å²) in [6.07, 6.45) is -1.12. The summed E-state index contributed by atoms with van der Waals surface area (Å²) < 4.78 is 88.5. The summed E-state index contributed by atoms with van der Waals surface area (Å²) in [4.78, 5) is 0.223. The van der Waals surface area contributed by atoms with E-state index >= 15 is 0 Å². The highest BCUT2D eigenvalue weighted by Crippen LogP contribution is 2.41. The lowest BCUT2D eigenvalue weighted by atomic mass is 10.0. The summed E-state index contributed by atoms with van der Waals surface area (Å²) in [6, 6.07) is 30.2. The zero-order chi connectivity index (χ0) is 33.2. The van der Waals surface area contributed by atoms with Crippen molar-refractivity contribution in [2.45, 2.75) is 61.8 Å². The molecule has 0 N–H and O–H groups in total. The number of benzene rings is 4. The quantitative estimate of drug-likeness (QED) is 0.242. The number of rotatable bonds is 6. The van der Waals surface area contributed by atoms with Crippen LogP contribution in [-0.2, 0) is 51.7 Å². The molecule has 6 rings (SSSR count). The Morgan fingerprint density at radius 2 is 0.848 bits per heavy atom. The van der Waals surface area contributed by atoms with Crippen molar-refractivity contribution >= 4 is 43.3 Å². The summed E-state index contributed by atoms with van der Waals surface area (Å²) in [5, 5.41) is 0. The van der Waals surface area contributed by atoms with E-state index in [1.807, 2.05) is 74.5 Å². The second-order valence-electron chi connectivity index (χ2n) is 10.9. The molecule has 0 bridgehead atoms. The fraction of sp³-hybridized carbons (Fsp3) is 0.250. The van der Waals surface area contributed by atoms with Crippen LogP contribution < -0.4 is 0 Å². The Morgan fingerprint density at radius 3 is 1.15 bits per heavy atom. The highest BCUT2D eigenvalue weighted by Gasteiger charge is 2.54. The van der Waals surface area contributed by atoms with Crippen LogP contribution in [0.1, 0.15) is 48.3 Å². The standard InChI is InChI=1S/2C16H17NO4S2/c2*1-12-8-10-15(11-9-12)23(19,20)17-13(2)16(21-22(17)18)14-6-4-3-5-7-14/h2*3-11,13,16H,1-2H3/t13-,16-,22?;/m1./s1. The van der Waals surface area contributed by atoms with Gasteiger partial charge >= 0.3 is 0 Å². The SMILES string of the molecule is Cc1ccc(S(=O)(=O)N2C(C)C(c3ccccc3)O[S+]2[O-])cc1.Cc1ccc(S(=O)(=O)N2[C@H](C)[C@H](c3ccccc3)O[S+]2[O-])cc1. The zero-order valence-electron chi connectivity index (χ0n) is 25.5. The molecule has 4 aromatic rings. The lowest BCUT2D eigenvalue weighted by molar-refractivity contribution is 0.218. The van der Waals surface area contributed by atoms with Crippen LogP contribution in [0.3, 0.4) is 0 Å². The van der Waals surface area contributed by atoms with Gasteiger partial charge in [-0.15, -0.1) is 8.37 Å². The summed E-state index contributed by atoms with van der Waals surface area (Å²) in [6.45, 7) is 7.16. The van der Waals surface area contributed by atoms with Gasteiger partial charge in [-0.1, -0.05) is 96.1 Å². The smallest absolute Gasteiger partial charge is 0.285 e. The predicted octanol–water partition coefficient (Wildman–Crippen LogP) is 5.45. The van der Waals surface area contributed by atoms with Gasteiger partial charge in [-0.25, -0.2) is 16.8 Å². The van der Waals surface area contributed by atoms with Crippen LogP contribution in [0.25, 0.3) is 0 Å². The van der Waals surface area contributed by atoms with E-state index < -0.39 is 67.6 Å². The predicted molar refractivity (Wildman–Crippen MR) is 176 cm³/mol. The Hall–Kier alpha value is -2.76. The van der Waals surface area contributed by atoms with Crippen LogP contribution in [0.5, 0.6) is 0 Å². The maximum Gasteiger partial charge on any atom is 0.285 e. The van der Waals surface area contributed by atoms with Gasteiger partial charge in [-0.3, -0.25) is 0 Å². The topological polar surface area (TPSA) is 139 Å². The molecule has 4 unspecified atom stereocenters. The van der Waals surface area contributed by atoms with Crippen molar-refractivity contribution in [3.8, 4) is 0 Å². The lowest BCUT2D eigenvalue weighted by Crippen LogP contribution is -2.38. The van der Waals surface area contributed by atoms with Crippen molar-refractivity contribution in [2.75, 3.05) is 0 Å². The Kier molecular flexibility index (Phi) is 10.6. The highest BCUT2D eigenvalue weighted by molar-refractivity contribution is 8.02. The van der Waals surface area contributed by atoms with Crippen LogP contribution in [0.15, 0.2) is 119 Å². The van der Waals surface area contributed by atoms with Crippen molar-refractivity contribution in [3.05, 3.63) is 131 Å². The van der Waals surface area contributed by atoms with E-state index in [-0.39, 0.29) is 9.79 Å². The third-order valence-electron chi connectivity index (χ3n) is 7.57. The third-order valence-corrected chi connectivity index (χ3v) is 14.8. The molecule has 0 aliphatic carbocycles. The third kappa shape index (κ3) is 7.06. The van der Waals surface area contributed by atoms with Gasteiger partial charge < -0.3 is 9.11 Å². The normalized spacial score (nSPS) is 25.6. The highest BCUT2D eigenvalue weighted by atomic mass is 32.3. The molecule has 2 heterocycles. The Bertz CT molecular complexity index is 1690. The number of hydrogen-bond acceptors (Lipinski definition) is 8. The molecule has 46 heavy (non-hydrogen) atoms. The average molecular weight is 703 g/mol. The molecule has 10 nitrogen and oxygen atoms in total. The van der Waals surface area contributed by atoms with Crippen LogP contribution in [0, 0.1) is 13.8 Å². The fourth-order valence-corrected chi connectivity index (χ4v) is 11.4. The van der Waals surface area contributed by atoms with Crippen LogP contribution in [0.2, 0.25) is 0 Å². The number of nitrogens with zero attached hydrogens (tertiary/aromatic N) is 2. The van der Waals surface area contributed by atoms with Gasteiger partial charge in [0.1, 0.15) is 12.1 Å². The molecule has 0 saturated carbocycles. The monoisotopic (exact) mass is 702 g/mol. The Labute approximate surface area is 277 Å². The maximum absolute atomic E-state index is 12.8. The lowest BCUT2D eigenvalue weighted by Gasteiger charge is -2.17. The average Bonchev–Trinajstić information content (AvgIpc) is 3.52. The minimum atomic E-state index is -3.89. The molecule has 4 aromatic carbocycles. The molecule has 2 aliphatic rings. The maximum atomic E-state index is 12.8. The van der Waals surface area contributed by atoms with Crippen molar-refractivity contribution in [1.29, 1.82) is 0 Å². The van der Waals surface area contributed by atoms with Gasteiger partial charge in [0.15, 0.2) is 12.2 Å². The molecule has 14 heteroatoms. The van der Waals surface area contributed by atoms with Crippen molar-refractivity contribution in [1.82, 2.24) is 7.42 Å². The van der Waals surface area contributed by atoms with E-state index in [4.69, 9.17) is 8.37 Å². The van der Waals surface area contributed by atoms with Crippen molar-refractivity contribution < 1.29 is 34.3 Å². The number of sulfonamides is 2. The number of hydrogen-bond donors (Lipinski definition) is 0. The zero-order valence-corrected chi connectivity index (χ0v) is 28.8. The summed E-state index contributed by atoms with van der Waals surface area (Å²) >= 11 is -4.10. The van der Waals surface area contributed by atoms with Gasteiger partial charge in [0.2, 0.25) is 23.3 Å². The summed E-state index contributed by atoms with van der Waals surface area (Å²) in [7, 11) is -7.77. The minimum Gasteiger partial charge on any atom is -0.565 e. The molecule has 0 radical (unpaired) electrons. The van der Waals surface area contributed by atoms with Gasteiger partial charge in [0.25, 0.3) is 20.0 Å².